The summed E-state index contributed by atoms with van der Waals surface area (Å²) in [7, 11) is 0. The smallest absolute Gasteiger partial charge is 0.271 e. The number of hydrogen-bond acceptors (Lipinski definition) is 5. The van der Waals surface area contributed by atoms with Crippen molar-refractivity contribution in [1.29, 1.82) is 5.26 Å². The number of amides is 1. The van der Waals surface area contributed by atoms with Gasteiger partial charge in [0.2, 0.25) is 0 Å². The summed E-state index contributed by atoms with van der Waals surface area (Å²) in [5, 5.41) is 23.9. The minimum absolute atomic E-state index is 0.0390. The number of phenolic OH excluding ortho intramolecular Hbond substituents is 1. The van der Waals surface area contributed by atoms with E-state index < -0.39 is 5.91 Å². The second-order valence-electron chi connectivity index (χ2n) is 5.51. The third-order valence-electron chi connectivity index (χ3n) is 3.79. The van der Waals surface area contributed by atoms with Gasteiger partial charge < -0.3 is 9.84 Å². The molecule has 0 heterocycles. The van der Waals surface area contributed by atoms with Crippen molar-refractivity contribution in [3.8, 4) is 17.6 Å². The molecular formula is C20H14ClN3O3. The Morgan fingerprint density at radius 2 is 2.00 bits per heavy atom. The molecule has 0 spiro atoms. The number of nitrogens with zero attached hydrogens (tertiary/aromatic N) is 2. The van der Waals surface area contributed by atoms with E-state index in [0.717, 1.165) is 16.3 Å². The van der Waals surface area contributed by atoms with Gasteiger partial charge >= 0.3 is 0 Å². The van der Waals surface area contributed by atoms with Crippen LogP contribution in [0, 0.1) is 11.3 Å². The van der Waals surface area contributed by atoms with E-state index in [1.165, 1.54) is 24.4 Å². The number of nitriles is 1. The predicted molar refractivity (Wildman–Crippen MR) is 103 cm³/mol. The zero-order chi connectivity index (χ0) is 19.2. The van der Waals surface area contributed by atoms with Crippen molar-refractivity contribution in [2.45, 2.75) is 0 Å². The second-order valence-corrected chi connectivity index (χ2v) is 5.92. The highest BCUT2D eigenvalue weighted by Gasteiger charge is 2.08. The van der Waals surface area contributed by atoms with Crippen LogP contribution < -0.4 is 10.2 Å². The van der Waals surface area contributed by atoms with E-state index in [0.29, 0.717) is 5.75 Å². The highest BCUT2D eigenvalue weighted by molar-refractivity contribution is 6.32. The topological polar surface area (TPSA) is 94.7 Å². The van der Waals surface area contributed by atoms with Crippen LogP contribution in [0.2, 0.25) is 5.02 Å². The average molecular weight is 380 g/mol. The summed E-state index contributed by atoms with van der Waals surface area (Å²) in [6.45, 7) is -0.0390. The minimum Gasteiger partial charge on any atom is -0.506 e. The van der Waals surface area contributed by atoms with E-state index in [1.807, 2.05) is 30.3 Å². The fourth-order valence-electron chi connectivity index (χ4n) is 2.52. The Morgan fingerprint density at radius 3 is 2.74 bits per heavy atom. The van der Waals surface area contributed by atoms with Crippen molar-refractivity contribution in [2.75, 3.05) is 6.61 Å². The van der Waals surface area contributed by atoms with Crippen LogP contribution in [0.4, 0.5) is 0 Å². The van der Waals surface area contributed by atoms with Crippen LogP contribution in [0.5, 0.6) is 11.5 Å². The highest BCUT2D eigenvalue weighted by atomic mass is 35.5. The first-order valence-electron chi connectivity index (χ1n) is 7.93. The van der Waals surface area contributed by atoms with Crippen molar-refractivity contribution < 1.29 is 14.6 Å². The number of ether oxygens (including phenoxy) is 1. The van der Waals surface area contributed by atoms with Crippen molar-refractivity contribution >= 4 is 34.5 Å². The summed E-state index contributed by atoms with van der Waals surface area (Å²) in [6, 6.07) is 17.2. The fourth-order valence-corrected chi connectivity index (χ4v) is 2.70. The van der Waals surface area contributed by atoms with E-state index in [4.69, 9.17) is 21.6 Å². The zero-order valence-electron chi connectivity index (χ0n) is 14.0. The Hall–Kier alpha value is -3.56. The van der Waals surface area contributed by atoms with Gasteiger partial charge in [-0.15, -0.1) is 0 Å². The molecule has 0 fully saturated rings. The highest BCUT2D eigenvalue weighted by Crippen LogP contribution is 2.28. The molecule has 27 heavy (non-hydrogen) atoms. The van der Waals surface area contributed by atoms with Crippen LogP contribution in [0.1, 0.15) is 15.9 Å². The summed E-state index contributed by atoms with van der Waals surface area (Å²) in [5.74, 6) is 0.0559. The quantitative estimate of drug-likeness (QED) is 0.519. The molecule has 7 heteroatoms. The van der Waals surface area contributed by atoms with Gasteiger partial charge in [-0.1, -0.05) is 35.9 Å². The molecule has 0 bridgehead atoms. The third kappa shape index (κ3) is 4.17. The lowest BCUT2D eigenvalue weighted by molar-refractivity contribution is 0.0955. The second kappa shape index (κ2) is 8.21. The summed E-state index contributed by atoms with van der Waals surface area (Å²) in [5.41, 5.74) is 3.48. The van der Waals surface area contributed by atoms with Crippen molar-refractivity contribution in [1.82, 2.24) is 5.43 Å². The van der Waals surface area contributed by atoms with E-state index in [1.54, 1.807) is 12.1 Å². The minimum atomic E-state index is -0.452. The lowest BCUT2D eigenvalue weighted by Gasteiger charge is -2.08. The number of phenols is 1. The van der Waals surface area contributed by atoms with Crippen LogP contribution in [0.3, 0.4) is 0 Å². The number of carbonyl (C=O) groups is 1. The maximum Gasteiger partial charge on any atom is 0.271 e. The molecule has 134 valence electrons. The largest absolute Gasteiger partial charge is 0.506 e. The monoisotopic (exact) mass is 379 g/mol. The van der Waals surface area contributed by atoms with Gasteiger partial charge in [0.15, 0.2) is 6.61 Å². The van der Waals surface area contributed by atoms with Crippen LogP contribution in [-0.2, 0) is 0 Å². The average Bonchev–Trinajstić information content (AvgIpc) is 2.69. The number of nitrogens with one attached hydrogen (secondary N) is 1. The number of carbonyl (C=O) groups excluding carboxylic acids is 1. The summed E-state index contributed by atoms with van der Waals surface area (Å²) in [6.07, 6.45) is 1.52. The standard InChI is InChI=1S/C20H14ClN3O3/c21-17-11-13(5-7-18(17)25)20(26)24-23-12-14-6-8-19(27-10-9-22)16-4-2-1-3-15(14)16/h1-8,11-12,25H,10H2,(H,24,26). The number of halogens is 1. The lowest BCUT2D eigenvalue weighted by Crippen LogP contribution is -2.17. The van der Waals surface area contributed by atoms with Crippen LogP contribution in [0.15, 0.2) is 59.7 Å². The molecule has 3 aromatic rings. The molecule has 0 aliphatic carbocycles. The normalized spacial score (nSPS) is 10.7. The van der Waals surface area contributed by atoms with Gasteiger partial charge in [0, 0.05) is 16.5 Å². The van der Waals surface area contributed by atoms with E-state index in [-0.39, 0.29) is 22.9 Å². The van der Waals surface area contributed by atoms with Crippen molar-refractivity contribution in [3.63, 3.8) is 0 Å². The Bertz CT molecular complexity index is 1070. The van der Waals surface area contributed by atoms with Gasteiger partial charge in [-0.05, 0) is 35.7 Å². The predicted octanol–water partition coefficient (Wildman–Crippen LogP) is 3.87. The molecule has 3 aromatic carbocycles. The number of hydrogen-bond donors (Lipinski definition) is 2. The fraction of sp³-hybridized carbons (Fsp3) is 0.0500. The molecular weight excluding hydrogens is 366 g/mol. The van der Waals surface area contributed by atoms with Crippen molar-refractivity contribution in [2.24, 2.45) is 5.10 Å². The number of rotatable bonds is 5. The van der Waals surface area contributed by atoms with Crippen LogP contribution in [-0.4, -0.2) is 23.8 Å². The van der Waals surface area contributed by atoms with Crippen LogP contribution >= 0.6 is 11.6 Å². The third-order valence-corrected chi connectivity index (χ3v) is 4.09. The summed E-state index contributed by atoms with van der Waals surface area (Å²) < 4.78 is 5.44. The molecule has 0 aromatic heterocycles. The van der Waals surface area contributed by atoms with Gasteiger partial charge in [-0.2, -0.15) is 10.4 Å². The van der Waals surface area contributed by atoms with Crippen molar-refractivity contribution in [3.05, 3.63) is 70.7 Å². The van der Waals surface area contributed by atoms with E-state index >= 15 is 0 Å². The molecule has 1 amide bonds. The molecule has 6 nitrogen and oxygen atoms in total. The number of aromatic hydroxyl groups is 1. The molecule has 0 saturated heterocycles. The van der Waals surface area contributed by atoms with Gasteiger partial charge in [-0.3, -0.25) is 4.79 Å². The first-order chi connectivity index (χ1) is 13.1. The molecule has 2 N–H and O–H groups in total. The Morgan fingerprint density at radius 1 is 1.22 bits per heavy atom. The lowest BCUT2D eigenvalue weighted by atomic mass is 10.0. The molecule has 0 aliphatic heterocycles. The Balaban J connectivity index is 1.81. The number of fused-ring (bicyclic) bond motifs is 1. The summed E-state index contributed by atoms with van der Waals surface area (Å²) >= 11 is 5.80. The van der Waals surface area contributed by atoms with Gasteiger partial charge in [0.25, 0.3) is 5.91 Å². The Kier molecular flexibility index (Phi) is 5.55. The number of benzene rings is 3. The van der Waals surface area contributed by atoms with Gasteiger partial charge in [0.1, 0.15) is 17.6 Å². The van der Waals surface area contributed by atoms with Gasteiger partial charge in [-0.25, -0.2) is 5.43 Å². The van der Waals surface area contributed by atoms with E-state index in [9.17, 15) is 9.90 Å². The summed E-state index contributed by atoms with van der Waals surface area (Å²) in [4.78, 5) is 12.1. The first kappa shape index (κ1) is 18.2. The molecule has 0 atom stereocenters. The first-order valence-corrected chi connectivity index (χ1v) is 8.31. The van der Waals surface area contributed by atoms with Gasteiger partial charge in [0.05, 0.1) is 11.2 Å². The molecule has 3 rings (SSSR count). The Labute approximate surface area is 160 Å². The van der Waals surface area contributed by atoms with E-state index in [2.05, 4.69) is 10.5 Å². The molecule has 0 aliphatic rings. The SMILES string of the molecule is N#CCOc1ccc(C=NNC(=O)c2ccc(O)c(Cl)c2)c2ccccc12. The molecule has 0 saturated carbocycles. The molecule has 0 radical (unpaired) electrons. The maximum absolute atomic E-state index is 12.1. The number of hydrazone groups is 1. The maximum atomic E-state index is 12.1. The molecule has 0 unspecified atom stereocenters. The zero-order valence-corrected chi connectivity index (χ0v) is 14.8. The van der Waals surface area contributed by atoms with Crippen LogP contribution in [0.25, 0.3) is 10.8 Å².